The van der Waals surface area contributed by atoms with Crippen molar-refractivity contribution in [2.45, 2.75) is 33.9 Å². The highest BCUT2D eigenvalue weighted by Crippen LogP contribution is 2.16. The lowest BCUT2D eigenvalue weighted by Crippen LogP contribution is -2.39. The van der Waals surface area contributed by atoms with Gasteiger partial charge in [0.25, 0.3) is 5.56 Å². The molecule has 0 fully saturated rings. The third kappa shape index (κ3) is 2.26. The van der Waals surface area contributed by atoms with Crippen LogP contribution in [0.2, 0.25) is 0 Å². The Morgan fingerprint density at radius 2 is 1.95 bits per heavy atom. The second-order valence-corrected chi connectivity index (χ2v) is 5.55. The molecule has 0 radical (unpaired) electrons. The van der Waals surface area contributed by atoms with Gasteiger partial charge in [0, 0.05) is 20.1 Å². The zero-order valence-electron chi connectivity index (χ0n) is 12.0. The van der Waals surface area contributed by atoms with Gasteiger partial charge in [0.05, 0.1) is 0 Å². The molecule has 108 valence electrons. The maximum Gasteiger partial charge on any atom is 0.332 e. The van der Waals surface area contributed by atoms with E-state index in [9.17, 15) is 9.59 Å². The number of allylic oxidation sites excluding steroid dienone is 2. The number of aromatic nitrogens is 4. The van der Waals surface area contributed by atoms with Crippen molar-refractivity contribution in [3.8, 4) is 0 Å². The van der Waals surface area contributed by atoms with Crippen LogP contribution in [-0.4, -0.2) is 18.7 Å². The van der Waals surface area contributed by atoms with Crippen LogP contribution in [0, 0.1) is 0 Å². The molecule has 2 heterocycles. The number of hydrogen-bond acceptors (Lipinski definition) is 3. The van der Waals surface area contributed by atoms with E-state index in [1.165, 1.54) is 9.13 Å². The van der Waals surface area contributed by atoms with Crippen LogP contribution >= 0.6 is 15.9 Å². The first-order chi connectivity index (χ1) is 9.38. The highest BCUT2D eigenvalue weighted by atomic mass is 79.9. The number of aryl methyl sites for hydroxylation is 1. The fourth-order valence-electron chi connectivity index (χ4n) is 2.06. The molecule has 0 unspecified atom stereocenters. The van der Waals surface area contributed by atoms with E-state index in [4.69, 9.17) is 0 Å². The highest BCUT2D eigenvalue weighted by molar-refractivity contribution is 9.10. The molecular formula is C13H17BrN4O2. The first-order valence-corrected chi connectivity index (χ1v) is 7.16. The molecule has 0 saturated carbocycles. The van der Waals surface area contributed by atoms with Crippen LogP contribution < -0.4 is 11.2 Å². The molecule has 0 N–H and O–H groups in total. The Morgan fingerprint density at radius 3 is 2.50 bits per heavy atom. The molecule has 2 aromatic heterocycles. The Hall–Kier alpha value is -1.63. The number of fused-ring (bicyclic) bond motifs is 1. The third-order valence-corrected chi connectivity index (χ3v) is 3.79. The molecule has 0 amide bonds. The largest absolute Gasteiger partial charge is 0.332 e. The minimum atomic E-state index is -0.343. The van der Waals surface area contributed by atoms with Crippen LogP contribution in [0.4, 0.5) is 0 Å². The van der Waals surface area contributed by atoms with Crippen LogP contribution in [0.3, 0.4) is 0 Å². The standard InChI is InChI=1S/C13H17BrN4O2/c1-5-17-11(19)9-10(16(4)13(17)20)15-12(14)18(9)7-6-8(2)3/h6H,5,7H2,1-4H3. The first-order valence-electron chi connectivity index (χ1n) is 6.37. The van der Waals surface area contributed by atoms with Crippen molar-refractivity contribution < 1.29 is 0 Å². The number of hydrogen-bond donors (Lipinski definition) is 0. The summed E-state index contributed by atoms with van der Waals surface area (Å²) in [4.78, 5) is 28.8. The summed E-state index contributed by atoms with van der Waals surface area (Å²) >= 11 is 3.36. The Labute approximate surface area is 124 Å². The van der Waals surface area contributed by atoms with Crippen molar-refractivity contribution in [3.63, 3.8) is 0 Å². The number of imidazole rings is 1. The van der Waals surface area contributed by atoms with Crippen molar-refractivity contribution >= 4 is 27.1 Å². The lowest BCUT2D eigenvalue weighted by molar-refractivity contribution is 0.634. The van der Waals surface area contributed by atoms with Gasteiger partial charge in [0.1, 0.15) is 0 Å². The van der Waals surface area contributed by atoms with E-state index in [0.717, 1.165) is 5.57 Å². The fraction of sp³-hybridized carbons (Fsp3) is 0.462. The lowest BCUT2D eigenvalue weighted by atomic mass is 10.3. The molecule has 6 nitrogen and oxygen atoms in total. The van der Waals surface area contributed by atoms with E-state index >= 15 is 0 Å². The summed E-state index contributed by atoms with van der Waals surface area (Å²) in [7, 11) is 1.63. The van der Waals surface area contributed by atoms with Gasteiger partial charge in [-0.25, -0.2) is 9.78 Å². The normalized spacial score (nSPS) is 11.1. The van der Waals surface area contributed by atoms with Crippen LogP contribution in [0.1, 0.15) is 20.8 Å². The monoisotopic (exact) mass is 340 g/mol. The van der Waals surface area contributed by atoms with E-state index in [1.807, 2.05) is 19.9 Å². The van der Waals surface area contributed by atoms with Gasteiger partial charge in [-0.3, -0.25) is 13.9 Å². The number of nitrogens with zero attached hydrogens (tertiary/aromatic N) is 4. The molecule has 0 aliphatic carbocycles. The van der Waals surface area contributed by atoms with Gasteiger partial charge in [-0.2, -0.15) is 0 Å². The van der Waals surface area contributed by atoms with Gasteiger partial charge >= 0.3 is 5.69 Å². The summed E-state index contributed by atoms with van der Waals surface area (Å²) in [5.41, 5.74) is 1.35. The second-order valence-electron chi connectivity index (χ2n) is 4.84. The molecule has 2 rings (SSSR count). The molecule has 20 heavy (non-hydrogen) atoms. The summed E-state index contributed by atoms with van der Waals surface area (Å²) in [5, 5.41) is 0. The van der Waals surface area contributed by atoms with Crippen molar-refractivity contribution in [1.82, 2.24) is 18.7 Å². The topological polar surface area (TPSA) is 61.8 Å². The van der Waals surface area contributed by atoms with E-state index in [-0.39, 0.29) is 11.2 Å². The molecule has 0 aliphatic heterocycles. The van der Waals surface area contributed by atoms with Crippen molar-refractivity contribution in [3.05, 3.63) is 37.2 Å². The van der Waals surface area contributed by atoms with Gasteiger partial charge in [0.15, 0.2) is 15.9 Å². The van der Waals surface area contributed by atoms with Gasteiger partial charge in [0.2, 0.25) is 0 Å². The van der Waals surface area contributed by atoms with E-state index in [2.05, 4.69) is 20.9 Å². The molecular weight excluding hydrogens is 324 g/mol. The molecule has 0 aliphatic rings. The SMILES string of the molecule is CCn1c(=O)c2c(nc(Br)n2CC=C(C)C)n(C)c1=O. The highest BCUT2D eigenvalue weighted by Gasteiger charge is 2.17. The minimum Gasteiger partial charge on any atom is -0.309 e. The first kappa shape index (κ1) is 14.8. The zero-order valence-corrected chi connectivity index (χ0v) is 13.6. The van der Waals surface area contributed by atoms with Crippen LogP contribution in [0.25, 0.3) is 11.2 Å². The summed E-state index contributed by atoms with van der Waals surface area (Å²) in [6.45, 7) is 6.64. The van der Waals surface area contributed by atoms with Crippen molar-refractivity contribution in [2.75, 3.05) is 0 Å². The Bertz CT molecular complexity index is 806. The quantitative estimate of drug-likeness (QED) is 0.630. The predicted molar refractivity (Wildman–Crippen MR) is 82.0 cm³/mol. The number of halogens is 1. The predicted octanol–water partition coefficient (Wildman–Crippen LogP) is 1.65. The fourth-order valence-corrected chi connectivity index (χ4v) is 2.55. The van der Waals surface area contributed by atoms with Gasteiger partial charge in [-0.05, 0) is 36.7 Å². The van der Waals surface area contributed by atoms with Crippen molar-refractivity contribution in [2.24, 2.45) is 7.05 Å². The molecule has 0 spiro atoms. The third-order valence-electron chi connectivity index (χ3n) is 3.18. The van der Waals surface area contributed by atoms with Crippen molar-refractivity contribution in [1.29, 1.82) is 0 Å². The Kier molecular flexibility index (Phi) is 3.99. The summed E-state index contributed by atoms with van der Waals surface area (Å²) < 4.78 is 4.95. The minimum absolute atomic E-state index is 0.300. The Balaban J connectivity index is 2.88. The van der Waals surface area contributed by atoms with E-state index < -0.39 is 0 Å². The summed E-state index contributed by atoms with van der Waals surface area (Å²) in [6, 6.07) is 0. The number of rotatable bonds is 3. The molecule has 7 heteroatoms. The van der Waals surface area contributed by atoms with E-state index in [0.29, 0.717) is 29.0 Å². The van der Waals surface area contributed by atoms with Gasteiger partial charge < -0.3 is 4.57 Å². The molecule has 0 aromatic carbocycles. The molecule has 0 saturated heterocycles. The summed E-state index contributed by atoms with van der Waals surface area (Å²) in [6.07, 6.45) is 2.01. The summed E-state index contributed by atoms with van der Waals surface area (Å²) in [5.74, 6) is 0. The maximum atomic E-state index is 12.5. The Morgan fingerprint density at radius 1 is 1.30 bits per heavy atom. The average molecular weight is 341 g/mol. The smallest absolute Gasteiger partial charge is 0.309 e. The van der Waals surface area contributed by atoms with Crippen LogP contribution in [0.5, 0.6) is 0 Å². The van der Waals surface area contributed by atoms with Crippen LogP contribution in [0.15, 0.2) is 26.0 Å². The lowest BCUT2D eigenvalue weighted by Gasteiger charge is -2.07. The van der Waals surface area contributed by atoms with E-state index in [1.54, 1.807) is 18.5 Å². The average Bonchev–Trinajstić information content (AvgIpc) is 2.71. The van der Waals surface area contributed by atoms with Crippen LogP contribution in [-0.2, 0) is 20.1 Å². The second kappa shape index (κ2) is 5.40. The molecule has 0 atom stereocenters. The molecule has 0 bridgehead atoms. The van der Waals surface area contributed by atoms with Gasteiger partial charge in [-0.1, -0.05) is 11.6 Å². The zero-order chi connectivity index (χ0) is 15.0. The van der Waals surface area contributed by atoms with Gasteiger partial charge in [-0.15, -0.1) is 0 Å². The molecule has 2 aromatic rings. The maximum absolute atomic E-state index is 12.5.